The Morgan fingerprint density at radius 2 is 1.29 bits per heavy atom. The van der Waals surface area contributed by atoms with Crippen LogP contribution >= 0.6 is 0 Å². The molecule has 1 aliphatic rings. The molecule has 5 N–H and O–H groups in total. The zero-order chi connectivity index (χ0) is 22.9. The van der Waals surface area contributed by atoms with Crippen molar-refractivity contribution in [1.29, 1.82) is 0 Å². The highest BCUT2D eigenvalue weighted by molar-refractivity contribution is 4.88. The second-order valence-corrected chi connectivity index (χ2v) is 8.65. The van der Waals surface area contributed by atoms with Gasteiger partial charge in [-0.3, -0.25) is 0 Å². The van der Waals surface area contributed by atoms with Gasteiger partial charge in [0.15, 0.2) is 6.29 Å². The lowest BCUT2D eigenvalue weighted by molar-refractivity contribution is -0.305. The van der Waals surface area contributed by atoms with Gasteiger partial charge in [0.2, 0.25) is 0 Å². The van der Waals surface area contributed by atoms with Crippen molar-refractivity contribution in [3.63, 3.8) is 0 Å². The molecule has 0 radical (unpaired) electrons. The minimum atomic E-state index is -1.49. The molecule has 0 bridgehead atoms. The van der Waals surface area contributed by atoms with E-state index in [1.54, 1.807) is 0 Å². The molecule has 0 aromatic rings. The smallest absolute Gasteiger partial charge is 0.186 e. The third-order valence-electron chi connectivity index (χ3n) is 5.75. The summed E-state index contributed by atoms with van der Waals surface area (Å²) in [6, 6.07) is 0. The molecule has 0 aromatic heterocycles. The summed E-state index contributed by atoms with van der Waals surface area (Å²) in [5.74, 6) is 0. The third kappa shape index (κ3) is 12.5. The van der Waals surface area contributed by atoms with Crippen molar-refractivity contribution in [2.24, 2.45) is 0 Å². The molecule has 186 valence electrons. The van der Waals surface area contributed by atoms with Gasteiger partial charge in [0.25, 0.3) is 0 Å². The van der Waals surface area contributed by atoms with Crippen molar-refractivity contribution in [3.8, 4) is 0 Å². The number of hydrogen-bond acceptors (Lipinski definition) is 8. The van der Waals surface area contributed by atoms with Gasteiger partial charge >= 0.3 is 0 Å². The molecular weight excluding hydrogens is 404 g/mol. The van der Waals surface area contributed by atoms with E-state index in [2.05, 4.69) is 6.92 Å². The van der Waals surface area contributed by atoms with Gasteiger partial charge in [0, 0.05) is 6.61 Å². The Balaban J connectivity index is 1.94. The third-order valence-corrected chi connectivity index (χ3v) is 5.75. The maximum Gasteiger partial charge on any atom is 0.186 e. The Morgan fingerprint density at radius 1 is 0.742 bits per heavy atom. The minimum Gasteiger partial charge on any atom is -0.394 e. The Morgan fingerprint density at radius 3 is 1.84 bits per heavy atom. The van der Waals surface area contributed by atoms with Crippen LogP contribution in [0.25, 0.3) is 0 Å². The molecule has 1 unspecified atom stereocenters. The van der Waals surface area contributed by atoms with E-state index in [-0.39, 0.29) is 13.2 Å². The van der Waals surface area contributed by atoms with Gasteiger partial charge in [0.1, 0.15) is 30.5 Å². The lowest BCUT2D eigenvalue weighted by Crippen LogP contribution is -2.59. The standard InChI is InChI=1S/C23H46O8/c1-2-3-4-5-6-7-8-9-10-11-12-13-14-29-16-18(25)17-30-23-22(28)21(27)20(26)19(15-24)31-23/h18-28H,2-17H2,1H3/t18?,19-,20+,21+,22-,23-/m1/s1. The van der Waals surface area contributed by atoms with Crippen molar-refractivity contribution in [2.45, 2.75) is 121 Å². The second-order valence-electron chi connectivity index (χ2n) is 8.65. The van der Waals surface area contributed by atoms with E-state index in [0.717, 1.165) is 12.8 Å². The van der Waals surface area contributed by atoms with Crippen LogP contribution in [0.1, 0.15) is 84.0 Å². The summed E-state index contributed by atoms with van der Waals surface area (Å²) in [5, 5.41) is 48.4. The van der Waals surface area contributed by atoms with Crippen molar-refractivity contribution < 1.29 is 39.7 Å². The maximum atomic E-state index is 9.95. The van der Waals surface area contributed by atoms with E-state index in [1.807, 2.05) is 0 Å². The number of aliphatic hydroxyl groups excluding tert-OH is 5. The fourth-order valence-electron chi connectivity index (χ4n) is 3.72. The van der Waals surface area contributed by atoms with Crippen LogP contribution in [0, 0.1) is 0 Å². The number of aliphatic hydroxyl groups is 5. The molecule has 1 fully saturated rings. The molecule has 0 spiro atoms. The van der Waals surface area contributed by atoms with Gasteiger partial charge in [-0.05, 0) is 6.42 Å². The van der Waals surface area contributed by atoms with Crippen molar-refractivity contribution in [2.75, 3.05) is 26.4 Å². The van der Waals surface area contributed by atoms with E-state index >= 15 is 0 Å². The largest absolute Gasteiger partial charge is 0.394 e. The first-order valence-corrected chi connectivity index (χ1v) is 12.2. The van der Waals surface area contributed by atoms with E-state index < -0.39 is 43.4 Å². The number of hydrogen-bond donors (Lipinski definition) is 5. The molecule has 31 heavy (non-hydrogen) atoms. The molecule has 8 nitrogen and oxygen atoms in total. The Labute approximate surface area is 187 Å². The highest BCUT2D eigenvalue weighted by atomic mass is 16.7. The summed E-state index contributed by atoms with van der Waals surface area (Å²) >= 11 is 0. The van der Waals surface area contributed by atoms with E-state index in [1.165, 1.54) is 64.2 Å². The van der Waals surface area contributed by atoms with Gasteiger partial charge in [0.05, 0.1) is 19.8 Å². The van der Waals surface area contributed by atoms with Gasteiger partial charge < -0.3 is 39.7 Å². The average molecular weight is 451 g/mol. The summed E-state index contributed by atoms with van der Waals surface area (Å²) in [7, 11) is 0. The van der Waals surface area contributed by atoms with Gasteiger partial charge in [-0.25, -0.2) is 0 Å². The Bertz CT molecular complexity index is 409. The Hall–Kier alpha value is -0.320. The van der Waals surface area contributed by atoms with Gasteiger partial charge in [-0.2, -0.15) is 0 Å². The molecule has 0 saturated carbocycles. The maximum absolute atomic E-state index is 9.95. The molecule has 0 aromatic carbocycles. The lowest BCUT2D eigenvalue weighted by Gasteiger charge is -2.39. The summed E-state index contributed by atoms with van der Waals surface area (Å²) in [6.45, 7) is 2.26. The van der Waals surface area contributed by atoms with Crippen LogP contribution in [0.4, 0.5) is 0 Å². The van der Waals surface area contributed by atoms with E-state index in [4.69, 9.17) is 19.3 Å². The average Bonchev–Trinajstić information content (AvgIpc) is 2.77. The molecule has 1 heterocycles. The summed E-state index contributed by atoms with van der Waals surface area (Å²) in [6.07, 6.45) is 7.81. The van der Waals surface area contributed by atoms with Crippen LogP contribution in [-0.2, 0) is 14.2 Å². The van der Waals surface area contributed by atoms with Crippen LogP contribution in [-0.4, -0.2) is 88.8 Å². The minimum absolute atomic E-state index is 0.107. The molecule has 6 atom stereocenters. The number of unbranched alkanes of at least 4 members (excludes halogenated alkanes) is 11. The fourth-order valence-corrected chi connectivity index (χ4v) is 3.72. The molecule has 0 amide bonds. The monoisotopic (exact) mass is 450 g/mol. The van der Waals surface area contributed by atoms with Crippen LogP contribution < -0.4 is 0 Å². The molecule has 0 aliphatic carbocycles. The zero-order valence-electron chi connectivity index (χ0n) is 19.2. The number of ether oxygens (including phenoxy) is 3. The van der Waals surface area contributed by atoms with Gasteiger partial charge in [-0.1, -0.05) is 77.6 Å². The van der Waals surface area contributed by atoms with E-state index in [0.29, 0.717) is 6.61 Å². The first-order chi connectivity index (χ1) is 15.0. The zero-order valence-corrected chi connectivity index (χ0v) is 19.2. The van der Waals surface area contributed by atoms with Crippen molar-refractivity contribution >= 4 is 0 Å². The topological polar surface area (TPSA) is 129 Å². The normalized spacial score (nSPS) is 27.5. The van der Waals surface area contributed by atoms with Gasteiger partial charge in [-0.15, -0.1) is 0 Å². The predicted molar refractivity (Wildman–Crippen MR) is 118 cm³/mol. The van der Waals surface area contributed by atoms with Crippen LogP contribution in [0.2, 0.25) is 0 Å². The van der Waals surface area contributed by atoms with Crippen molar-refractivity contribution in [3.05, 3.63) is 0 Å². The highest BCUT2D eigenvalue weighted by Crippen LogP contribution is 2.22. The fraction of sp³-hybridized carbons (Fsp3) is 1.00. The summed E-state index contributed by atoms with van der Waals surface area (Å²) in [5.41, 5.74) is 0. The van der Waals surface area contributed by atoms with Crippen LogP contribution in [0.5, 0.6) is 0 Å². The molecule has 1 rings (SSSR count). The van der Waals surface area contributed by atoms with E-state index in [9.17, 15) is 20.4 Å². The van der Waals surface area contributed by atoms with Crippen LogP contribution in [0.15, 0.2) is 0 Å². The molecular formula is C23H46O8. The first-order valence-electron chi connectivity index (χ1n) is 12.2. The number of rotatable bonds is 19. The Kier molecular flexibility index (Phi) is 16.8. The molecule has 1 aliphatic heterocycles. The molecule has 1 saturated heterocycles. The quantitative estimate of drug-likeness (QED) is 0.189. The summed E-state index contributed by atoms with van der Waals surface area (Å²) < 4.78 is 16.0. The molecule has 8 heteroatoms. The van der Waals surface area contributed by atoms with Crippen molar-refractivity contribution in [1.82, 2.24) is 0 Å². The first kappa shape index (κ1) is 28.7. The summed E-state index contributed by atoms with van der Waals surface area (Å²) in [4.78, 5) is 0. The second kappa shape index (κ2) is 18.1. The SMILES string of the molecule is CCCCCCCCCCCCCCOCC(O)CO[C@@H]1O[C@H](CO)[C@H](O)[C@H](O)[C@H]1O. The van der Waals surface area contributed by atoms with Crippen LogP contribution in [0.3, 0.4) is 0 Å². The predicted octanol–water partition coefficient (Wildman–Crippen LogP) is 1.88. The lowest BCUT2D eigenvalue weighted by atomic mass is 9.99. The highest BCUT2D eigenvalue weighted by Gasteiger charge is 2.44.